The van der Waals surface area contributed by atoms with Crippen molar-refractivity contribution >= 4 is 0 Å². The van der Waals surface area contributed by atoms with E-state index in [-0.39, 0.29) is 6.10 Å². The van der Waals surface area contributed by atoms with Gasteiger partial charge in [-0.3, -0.25) is 0 Å². The first-order chi connectivity index (χ1) is 7.24. The molecule has 0 aromatic heterocycles. The first-order valence-electron chi connectivity index (χ1n) is 5.81. The molecule has 3 heteroatoms. The molecule has 2 rings (SSSR count). The fraction of sp³-hybridized carbons (Fsp3) is 0.833. The first-order valence-corrected chi connectivity index (χ1v) is 5.81. The first kappa shape index (κ1) is 11.0. The summed E-state index contributed by atoms with van der Waals surface area (Å²) in [6, 6.07) is 0. The van der Waals surface area contributed by atoms with Crippen molar-refractivity contribution in [3.8, 4) is 0 Å². The lowest BCUT2D eigenvalue weighted by Gasteiger charge is -2.38. The molecular weight excluding hydrogens is 192 g/mol. The van der Waals surface area contributed by atoms with Gasteiger partial charge in [-0.1, -0.05) is 0 Å². The zero-order valence-electron chi connectivity index (χ0n) is 9.37. The Kier molecular flexibility index (Phi) is 3.32. The molecule has 3 nitrogen and oxygen atoms in total. The average molecular weight is 212 g/mol. The molecule has 1 N–H and O–H groups in total. The van der Waals surface area contributed by atoms with Crippen LogP contribution in [0.1, 0.15) is 38.5 Å². The maximum Gasteiger partial charge on any atom is 0.0913 e. The molecule has 2 aliphatic rings. The van der Waals surface area contributed by atoms with Crippen LogP contribution in [-0.2, 0) is 9.47 Å². The number of hydrogen-bond donors (Lipinski definition) is 1. The van der Waals surface area contributed by atoms with E-state index in [1.165, 1.54) is 0 Å². The van der Waals surface area contributed by atoms with E-state index >= 15 is 0 Å². The van der Waals surface area contributed by atoms with E-state index in [1.54, 1.807) is 13.4 Å². The quantitative estimate of drug-likeness (QED) is 0.761. The Morgan fingerprint density at radius 1 is 1.53 bits per heavy atom. The lowest BCUT2D eigenvalue weighted by molar-refractivity contribution is -0.0414. The minimum Gasteiger partial charge on any atom is -0.501 e. The molecular formula is C12H20O3. The maximum absolute atomic E-state index is 10.6. The van der Waals surface area contributed by atoms with Crippen molar-refractivity contribution in [2.45, 2.75) is 50.2 Å². The molecule has 1 aliphatic heterocycles. The lowest BCUT2D eigenvalue weighted by Crippen LogP contribution is -2.40. The van der Waals surface area contributed by atoms with Gasteiger partial charge in [0.15, 0.2) is 0 Å². The second kappa shape index (κ2) is 4.54. The third-order valence-electron chi connectivity index (χ3n) is 3.55. The molecule has 0 amide bonds. The molecule has 1 aliphatic carbocycles. The molecule has 15 heavy (non-hydrogen) atoms. The number of hydrogen-bond acceptors (Lipinski definition) is 3. The molecule has 0 aromatic rings. The summed E-state index contributed by atoms with van der Waals surface area (Å²) in [5.74, 6) is 0. The molecule has 1 fully saturated rings. The molecule has 1 heterocycles. The SMILES string of the molecule is COC1CCCC(O)(C2=COCCC2)C1. The van der Waals surface area contributed by atoms with Gasteiger partial charge in [0.1, 0.15) is 0 Å². The van der Waals surface area contributed by atoms with E-state index in [2.05, 4.69) is 0 Å². The van der Waals surface area contributed by atoms with Crippen LogP contribution in [0.2, 0.25) is 0 Å². The Morgan fingerprint density at radius 3 is 3.07 bits per heavy atom. The van der Waals surface area contributed by atoms with E-state index < -0.39 is 5.60 Å². The van der Waals surface area contributed by atoms with Crippen molar-refractivity contribution in [3.05, 3.63) is 11.8 Å². The van der Waals surface area contributed by atoms with Crippen molar-refractivity contribution in [2.75, 3.05) is 13.7 Å². The van der Waals surface area contributed by atoms with Gasteiger partial charge in [-0.05, 0) is 37.7 Å². The van der Waals surface area contributed by atoms with Gasteiger partial charge < -0.3 is 14.6 Å². The molecule has 0 aromatic carbocycles. The van der Waals surface area contributed by atoms with Crippen LogP contribution in [0.3, 0.4) is 0 Å². The van der Waals surface area contributed by atoms with Crippen molar-refractivity contribution in [1.29, 1.82) is 0 Å². The highest BCUT2D eigenvalue weighted by Crippen LogP contribution is 2.38. The molecule has 0 radical (unpaired) electrons. The Hall–Kier alpha value is -0.540. The Morgan fingerprint density at radius 2 is 2.40 bits per heavy atom. The summed E-state index contributed by atoms with van der Waals surface area (Å²) in [5.41, 5.74) is 0.398. The summed E-state index contributed by atoms with van der Waals surface area (Å²) in [6.07, 6.45) is 7.62. The Bertz CT molecular complexity index is 249. The molecule has 0 spiro atoms. The third-order valence-corrected chi connectivity index (χ3v) is 3.55. The highest BCUT2D eigenvalue weighted by atomic mass is 16.5. The van der Waals surface area contributed by atoms with Crippen LogP contribution < -0.4 is 0 Å². The van der Waals surface area contributed by atoms with Gasteiger partial charge in [-0.25, -0.2) is 0 Å². The molecule has 1 saturated carbocycles. The lowest BCUT2D eigenvalue weighted by atomic mass is 9.76. The second-order valence-corrected chi connectivity index (χ2v) is 4.60. The fourth-order valence-corrected chi connectivity index (χ4v) is 2.60. The molecule has 2 atom stereocenters. The van der Waals surface area contributed by atoms with Crippen LogP contribution in [0, 0.1) is 0 Å². The van der Waals surface area contributed by atoms with E-state index in [0.29, 0.717) is 0 Å². The number of ether oxygens (including phenoxy) is 2. The third kappa shape index (κ3) is 2.34. The van der Waals surface area contributed by atoms with Gasteiger partial charge in [0.05, 0.1) is 24.6 Å². The molecule has 86 valence electrons. The van der Waals surface area contributed by atoms with Gasteiger partial charge in [-0.2, -0.15) is 0 Å². The van der Waals surface area contributed by atoms with Gasteiger partial charge in [0, 0.05) is 13.5 Å². The topological polar surface area (TPSA) is 38.7 Å². The maximum atomic E-state index is 10.6. The minimum atomic E-state index is -0.667. The average Bonchev–Trinajstić information content (AvgIpc) is 2.30. The summed E-state index contributed by atoms with van der Waals surface area (Å²) in [6.45, 7) is 0.785. The van der Waals surface area contributed by atoms with Gasteiger partial charge >= 0.3 is 0 Å². The normalized spacial score (nSPS) is 36.9. The number of methoxy groups -OCH3 is 1. The van der Waals surface area contributed by atoms with E-state index in [0.717, 1.165) is 50.7 Å². The van der Waals surface area contributed by atoms with Crippen LogP contribution in [-0.4, -0.2) is 30.5 Å². The van der Waals surface area contributed by atoms with Crippen molar-refractivity contribution in [3.63, 3.8) is 0 Å². The summed E-state index contributed by atoms with van der Waals surface area (Å²) in [7, 11) is 1.72. The predicted octanol–water partition coefficient (Wildman–Crippen LogP) is 2.00. The zero-order chi connectivity index (χ0) is 10.7. The number of aliphatic hydroxyl groups is 1. The Labute approximate surface area is 91.1 Å². The van der Waals surface area contributed by atoms with Crippen LogP contribution in [0.5, 0.6) is 0 Å². The summed E-state index contributed by atoms with van der Waals surface area (Å²) >= 11 is 0. The molecule has 0 saturated heterocycles. The minimum absolute atomic E-state index is 0.201. The second-order valence-electron chi connectivity index (χ2n) is 4.60. The molecule has 0 bridgehead atoms. The predicted molar refractivity (Wildman–Crippen MR) is 57.5 cm³/mol. The van der Waals surface area contributed by atoms with E-state index in [1.807, 2.05) is 0 Å². The summed E-state index contributed by atoms with van der Waals surface area (Å²) in [4.78, 5) is 0. The zero-order valence-corrected chi connectivity index (χ0v) is 9.37. The summed E-state index contributed by atoms with van der Waals surface area (Å²) in [5, 5.41) is 10.6. The van der Waals surface area contributed by atoms with Crippen molar-refractivity contribution in [1.82, 2.24) is 0 Å². The van der Waals surface area contributed by atoms with Crippen LogP contribution in [0.25, 0.3) is 0 Å². The smallest absolute Gasteiger partial charge is 0.0913 e. The largest absolute Gasteiger partial charge is 0.501 e. The Balaban J connectivity index is 2.07. The monoisotopic (exact) mass is 212 g/mol. The van der Waals surface area contributed by atoms with Gasteiger partial charge in [0.2, 0.25) is 0 Å². The molecule has 2 unspecified atom stereocenters. The number of rotatable bonds is 2. The summed E-state index contributed by atoms with van der Waals surface area (Å²) < 4.78 is 10.7. The van der Waals surface area contributed by atoms with Crippen molar-refractivity contribution in [2.24, 2.45) is 0 Å². The highest BCUT2D eigenvalue weighted by molar-refractivity contribution is 5.17. The fourth-order valence-electron chi connectivity index (χ4n) is 2.60. The standard InChI is InChI=1S/C12H20O3/c1-14-11-5-2-6-12(13,8-11)10-4-3-7-15-9-10/h9,11,13H,2-8H2,1H3. The van der Waals surface area contributed by atoms with Crippen LogP contribution in [0.15, 0.2) is 11.8 Å². The van der Waals surface area contributed by atoms with Gasteiger partial charge in [-0.15, -0.1) is 0 Å². The van der Waals surface area contributed by atoms with Gasteiger partial charge in [0.25, 0.3) is 0 Å². The van der Waals surface area contributed by atoms with Crippen molar-refractivity contribution < 1.29 is 14.6 Å². The highest BCUT2D eigenvalue weighted by Gasteiger charge is 2.38. The van der Waals surface area contributed by atoms with E-state index in [9.17, 15) is 5.11 Å². The van der Waals surface area contributed by atoms with Crippen LogP contribution >= 0.6 is 0 Å². The van der Waals surface area contributed by atoms with Crippen LogP contribution in [0.4, 0.5) is 0 Å². The van der Waals surface area contributed by atoms with E-state index in [4.69, 9.17) is 9.47 Å².